The molecule has 22 heavy (non-hydrogen) atoms. The van der Waals surface area contributed by atoms with E-state index in [1.165, 1.54) is 4.90 Å². The van der Waals surface area contributed by atoms with Crippen molar-refractivity contribution in [3.05, 3.63) is 0 Å². The minimum Gasteiger partial charge on any atom is -0.480 e. The van der Waals surface area contributed by atoms with Gasteiger partial charge < -0.3 is 20.2 Å². The summed E-state index contributed by atoms with van der Waals surface area (Å²) >= 11 is 0. The fourth-order valence-electron chi connectivity index (χ4n) is 3.12. The molecule has 2 rings (SSSR count). The van der Waals surface area contributed by atoms with Crippen LogP contribution in [0.1, 0.15) is 26.7 Å². The monoisotopic (exact) mass is 311 g/mol. The van der Waals surface area contributed by atoms with Gasteiger partial charge in [-0.1, -0.05) is 13.8 Å². The van der Waals surface area contributed by atoms with Crippen LogP contribution in [0.2, 0.25) is 0 Å². The van der Waals surface area contributed by atoms with Crippen LogP contribution in [0.4, 0.5) is 0 Å². The lowest BCUT2D eigenvalue weighted by Gasteiger charge is -2.35. The molecule has 2 heterocycles. The van der Waals surface area contributed by atoms with Crippen molar-refractivity contribution >= 4 is 17.8 Å². The lowest BCUT2D eigenvalue weighted by molar-refractivity contribution is -0.153. The molecule has 2 aliphatic rings. The van der Waals surface area contributed by atoms with Gasteiger partial charge in [-0.05, 0) is 18.8 Å². The van der Waals surface area contributed by atoms with E-state index >= 15 is 0 Å². The van der Waals surface area contributed by atoms with E-state index in [1.807, 2.05) is 0 Å². The van der Waals surface area contributed by atoms with Crippen LogP contribution in [0.3, 0.4) is 0 Å². The topological polar surface area (TPSA) is 99.9 Å². The Morgan fingerprint density at radius 3 is 2.18 bits per heavy atom. The molecule has 7 nitrogen and oxygen atoms in total. The molecule has 2 fully saturated rings. The van der Waals surface area contributed by atoms with E-state index < -0.39 is 12.0 Å². The number of likely N-dealkylation sites (N-methyl/N-ethyl adjacent to an activating group) is 1. The Bertz CT molecular complexity index is 454. The van der Waals surface area contributed by atoms with Gasteiger partial charge in [0.25, 0.3) is 0 Å². The van der Waals surface area contributed by atoms with E-state index in [4.69, 9.17) is 0 Å². The standard InChI is InChI=1S/C15H25N3O4/c1-9(2)12(15(21)22)17(3)13(19)10-4-6-18(7-5-10)14(20)11-8-16-11/h9-12,16H,4-8H2,1-3H3,(H,21,22)/t11-,12+/m1/s1. The molecule has 0 aromatic heterocycles. The van der Waals surface area contributed by atoms with Gasteiger partial charge in [0.1, 0.15) is 6.04 Å². The second-order valence-corrected chi connectivity index (χ2v) is 6.54. The minimum atomic E-state index is -0.974. The summed E-state index contributed by atoms with van der Waals surface area (Å²) in [6.07, 6.45) is 1.21. The molecule has 2 aliphatic heterocycles. The maximum absolute atomic E-state index is 12.5. The Labute approximate surface area is 130 Å². The molecule has 0 radical (unpaired) electrons. The Balaban J connectivity index is 1.90. The second kappa shape index (κ2) is 6.64. The van der Waals surface area contributed by atoms with Crippen LogP contribution in [0, 0.1) is 11.8 Å². The lowest BCUT2D eigenvalue weighted by atomic mass is 9.93. The molecule has 0 aromatic carbocycles. The van der Waals surface area contributed by atoms with Gasteiger partial charge in [-0.3, -0.25) is 9.59 Å². The molecule has 0 aliphatic carbocycles. The second-order valence-electron chi connectivity index (χ2n) is 6.54. The molecule has 0 aromatic rings. The van der Waals surface area contributed by atoms with Crippen molar-refractivity contribution in [3.63, 3.8) is 0 Å². The number of nitrogens with one attached hydrogen (secondary N) is 1. The zero-order chi connectivity index (χ0) is 16.4. The van der Waals surface area contributed by atoms with Gasteiger partial charge in [0.15, 0.2) is 0 Å². The summed E-state index contributed by atoms with van der Waals surface area (Å²) in [7, 11) is 1.56. The highest BCUT2D eigenvalue weighted by Crippen LogP contribution is 2.23. The first-order valence-electron chi connectivity index (χ1n) is 7.84. The molecule has 2 saturated heterocycles. The van der Waals surface area contributed by atoms with Crippen LogP contribution >= 0.6 is 0 Å². The lowest BCUT2D eigenvalue weighted by Crippen LogP contribution is -2.50. The van der Waals surface area contributed by atoms with Gasteiger partial charge in [0, 0.05) is 32.6 Å². The molecule has 124 valence electrons. The maximum Gasteiger partial charge on any atom is 0.326 e. The fourth-order valence-corrected chi connectivity index (χ4v) is 3.12. The average molecular weight is 311 g/mol. The number of carboxylic acid groups (broad SMARTS) is 1. The van der Waals surface area contributed by atoms with Crippen LogP contribution in [0.15, 0.2) is 0 Å². The van der Waals surface area contributed by atoms with E-state index in [9.17, 15) is 19.5 Å². The van der Waals surface area contributed by atoms with Crippen molar-refractivity contribution < 1.29 is 19.5 Å². The van der Waals surface area contributed by atoms with Gasteiger partial charge in [-0.25, -0.2) is 4.79 Å². The number of hydrogen-bond acceptors (Lipinski definition) is 4. The van der Waals surface area contributed by atoms with Crippen molar-refractivity contribution in [1.82, 2.24) is 15.1 Å². The summed E-state index contributed by atoms with van der Waals surface area (Å²) in [5, 5.41) is 12.3. The third kappa shape index (κ3) is 3.58. The third-order valence-corrected chi connectivity index (χ3v) is 4.51. The van der Waals surface area contributed by atoms with Gasteiger partial charge >= 0.3 is 5.97 Å². The number of carbonyl (C=O) groups excluding carboxylic acids is 2. The summed E-state index contributed by atoms with van der Waals surface area (Å²) < 4.78 is 0. The summed E-state index contributed by atoms with van der Waals surface area (Å²) in [5.74, 6) is -1.32. The Morgan fingerprint density at radius 2 is 1.77 bits per heavy atom. The summed E-state index contributed by atoms with van der Waals surface area (Å²) in [6.45, 7) is 5.48. The Morgan fingerprint density at radius 1 is 1.23 bits per heavy atom. The SMILES string of the molecule is CC(C)[C@@H](C(=O)O)N(C)C(=O)C1CCN(C(=O)[C@H]2CN2)CC1. The van der Waals surface area contributed by atoms with Gasteiger partial charge in [-0.2, -0.15) is 0 Å². The highest BCUT2D eigenvalue weighted by Gasteiger charge is 2.38. The molecular formula is C15H25N3O4. The van der Waals surface area contributed by atoms with E-state index in [2.05, 4.69) is 5.32 Å². The van der Waals surface area contributed by atoms with Gasteiger partial charge in [0.2, 0.25) is 11.8 Å². The summed E-state index contributed by atoms with van der Waals surface area (Å²) in [5.41, 5.74) is 0. The van der Waals surface area contributed by atoms with Crippen molar-refractivity contribution in [2.75, 3.05) is 26.7 Å². The molecule has 0 bridgehead atoms. The number of nitrogens with zero attached hydrogens (tertiary/aromatic N) is 2. The van der Waals surface area contributed by atoms with Gasteiger partial charge in [0.05, 0.1) is 6.04 Å². The summed E-state index contributed by atoms with van der Waals surface area (Å²) in [4.78, 5) is 39.0. The first kappa shape index (κ1) is 16.7. The van der Waals surface area contributed by atoms with Crippen molar-refractivity contribution in [2.24, 2.45) is 11.8 Å². The zero-order valence-corrected chi connectivity index (χ0v) is 13.4. The van der Waals surface area contributed by atoms with Crippen molar-refractivity contribution in [1.29, 1.82) is 0 Å². The molecule has 2 amide bonds. The first-order chi connectivity index (χ1) is 10.3. The minimum absolute atomic E-state index is 0.0349. The number of aliphatic carboxylic acids is 1. The molecule has 0 spiro atoms. The predicted octanol–water partition coefficient (Wildman–Crippen LogP) is -0.236. The van der Waals surface area contributed by atoms with Crippen LogP contribution in [-0.4, -0.2) is 71.5 Å². The quantitative estimate of drug-likeness (QED) is 0.683. The largest absolute Gasteiger partial charge is 0.480 e. The normalized spacial score (nSPS) is 23.3. The number of carboxylic acids is 1. The number of likely N-dealkylation sites (tertiary alicyclic amines) is 1. The van der Waals surface area contributed by atoms with E-state index in [0.29, 0.717) is 25.9 Å². The maximum atomic E-state index is 12.5. The van der Waals surface area contributed by atoms with E-state index in [1.54, 1.807) is 25.8 Å². The average Bonchev–Trinajstić information content (AvgIpc) is 3.29. The summed E-state index contributed by atoms with van der Waals surface area (Å²) in [6, 6.07) is -0.838. The van der Waals surface area contributed by atoms with Crippen molar-refractivity contribution in [2.45, 2.75) is 38.8 Å². The van der Waals surface area contributed by atoms with E-state index in [0.717, 1.165) is 6.54 Å². The highest BCUT2D eigenvalue weighted by molar-refractivity contribution is 5.86. The number of hydrogen-bond donors (Lipinski definition) is 2. The van der Waals surface area contributed by atoms with Crippen LogP contribution in [0.5, 0.6) is 0 Å². The number of amides is 2. The van der Waals surface area contributed by atoms with Gasteiger partial charge in [-0.15, -0.1) is 0 Å². The number of piperidine rings is 1. The Kier molecular flexibility index (Phi) is 5.05. The number of carbonyl (C=O) groups is 3. The molecule has 7 heteroatoms. The zero-order valence-electron chi connectivity index (χ0n) is 13.4. The third-order valence-electron chi connectivity index (χ3n) is 4.51. The smallest absolute Gasteiger partial charge is 0.326 e. The molecule has 2 N–H and O–H groups in total. The van der Waals surface area contributed by atoms with E-state index in [-0.39, 0.29) is 29.7 Å². The van der Waals surface area contributed by atoms with Crippen LogP contribution in [-0.2, 0) is 14.4 Å². The van der Waals surface area contributed by atoms with Crippen LogP contribution in [0.25, 0.3) is 0 Å². The van der Waals surface area contributed by atoms with Crippen molar-refractivity contribution in [3.8, 4) is 0 Å². The Hall–Kier alpha value is -1.63. The van der Waals surface area contributed by atoms with Crippen LogP contribution < -0.4 is 5.32 Å². The fraction of sp³-hybridized carbons (Fsp3) is 0.800. The predicted molar refractivity (Wildman–Crippen MR) is 80.1 cm³/mol. The first-order valence-corrected chi connectivity index (χ1v) is 7.84. The molecule has 2 atom stereocenters. The highest BCUT2D eigenvalue weighted by atomic mass is 16.4. The number of rotatable bonds is 5. The molecular weight excluding hydrogens is 286 g/mol. The molecule has 0 saturated carbocycles. The molecule has 0 unspecified atom stereocenters.